The Balaban J connectivity index is 1.89. The summed E-state index contributed by atoms with van der Waals surface area (Å²) in [5.74, 6) is 0. The summed E-state index contributed by atoms with van der Waals surface area (Å²) in [5, 5.41) is 0. The molecule has 0 atom stereocenters. The smallest absolute Gasteiger partial charge is 0.0940 e. The molecule has 1 aromatic heterocycles. The SMILES string of the molecule is Clc1ccc(SN2CCCCC2)s1. The van der Waals surface area contributed by atoms with Crippen LogP contribution >= 0.6 is 34.9 Å². The minimum atomic E-state index is 0.888. The lowest BCUT2D eigenvalue weighted by molar-refractivity contribution is 0.381. The van der Waals surface area contributed by atoms with E-state index in [0.717, 1.165) is 4.34 Å². The Morgan fingerprint density at radius 2 is 2.00 bits per heavy atom. The first-order chi connectivity index (χ1) is 6.34. The molecule has 1 aliphatic heterocycles. The summed E-state index contributed by atoms with van der Waals surface area (Å²) in [7, 11) is 0. The van der Waals surface area contributed by atoms with Crippen molar-refractivity contribution in [1.82, 2.24) is 4.31 Å². The summed E-state index contributed by atoms with van der Waals surface area (Å²) >= 11 is 9.39. The summed E-state index contributed by atoms with van der Waals surface area (Å²) in [6.45, 7) is 2.44. The zero-order valence-corrected chi connectivity index (χ0v) is 9.72. The molecular formula is C9H12ClNS2. The van der Waals surface area contributed by atoms with Crippen molar-refractivity contribution in [3.8, 4) is 0 Å². The Bertz CT molecular complexity index is 268. The van der Waals surface area contributed by atoms with Gasteiger partial charge in [-0.05, 0) is 36.9 Å². The van der Waals surface area contributed by atoms with E-state index in [4.69, 9.17) is 11.6 Å². The standard InChI is InChI=1S/C9H12ClNS2/c10-8-4-5-9(12-8)13-11-6-2-1-3-7-11/h4-5H,1-3,6-7H2. The molecule has 2 rings (SSSR count). The Kier molecular flexibility index (Phi) is 3.55. The van der Waals surface area contributed by atoms with Crippen molar-refractivity contribution >= 4 is 34.9 Å². The summed E-state index contributed by atoms with van der Waals surface area (Å²) < 4.78 is 4.64. The van der Waals surface area contributed by atoms with Crippen LogP contribution in [0.15, 0.2) is 16.3 Å². The lowest BCUT2D eigenvalue weighted by Gasteiger charge is -2.24. The summed E-state index contributed by atoms with van der Waals surface area (Å²) in [4.78, 5) is 0. The first-order valence-electron chi connectivity index (χ1n) is 4.53. The molecule has 0 bridgehead atoms. The van der Waals surface area contributed by atoms with E-state index in [1.807, 2.05) is 18.0 Å². The Hall–Kier alpha value is 0.300. The number of hydrogen-bond donors (Lipinski definition) is 0. The minimum Gasteiger partial charge on any atom is -0.246 e. The van der Waals surface area contributed by atoms with Gasteiger partial charge in [0.1, 0.15) is 0 Å². The van der Waals surface area contributed by atoms with Crippen LogP contribution in [-0.4, -0.2) is 17.4 Å². The average molecular weight is 234 g/mol. The van der Waals surface area contributed by atoms with E-state index in [-0.39, 0.29) is 0 Å². The van der Waals surface area contributed by atoms with Crippen molar-refractivity contribution in [3.05, 3.63) is 16.5 Å². The fourth-order valence-corrected chi connectivity index (χ4v) is 3.90. The number of hydrogen-bond acceptors (Lipinski definition) is 3. The second kappa shape index (κ2) is 4.69. The molecule has 1 aliphatic rings. The van der Waals surface area contributed by atoms with Crippen LogP contribution in [0.2, 0.25) is 4.34 Å². The third-order valence-electron chi connectivity index (χ3n) is 2.08. The quantitative estimate of drug-likeness (QED) is 0.713. The molecule has 1 fully saturated rings. The Morgan fingerprint density at radius 1 is 1.23 bits per heavy atom. The molecule has 0 radical (unpaired) electrons. The molecule has 0 spiro atoms. The first-order valence-corrected chi connectivity index (χ1v) is 6.49. The number of nitrogens with zero attached hydrogens (tertiary/aromatic N) is 1. The number of piperidine rings is 1. The molecule has 13 heavy (non-hydrogen) atoms. The molecule has 0 unspecified atom stereocenters. The summed E-state index contributed by atoms with van der Waals surface area (Å²) in [6, 6.07) is 4.07. The number of thiophene rings is 1. The highest BCUT2D eigenvalue weighted by molar-refractivity contribution is 7.99. The van der Waals surface area contributed by atoms with Crippen LogP contribution in [0, 0.1) is 0 Å². The van der Waals surface area contributed by atoms with E-state index in [2.05, 4.69) is 10.4 Å². The van der Waals surface area contributed by atoms with Crippen LogP contribution in [0.1, 0.15) is 19.3 Å². The van der Waals surface area contributed by atoms with E-state index in [1.54, 1.807) is 11.3 Å². The topological polar surface area (TPSA) is 3.24 Å². The van der Waals surface area contributed by atoms with Crippen LogP contribution < -0.4 is 0 Å². The number of halogens is 1. The van der Waals surface area contributed by atoms with Gasteiger partial charge in [-0.15, -0.1) is 11.3 Å². The van der Waals surface area contributed by atoms with E-state index in [0.29, 0.717) is 0 Å². The normalized spacial score (nSPS) is 19.2. The van der Waals surface area contributed by atoms with Crippen molar-refractivity contribution in [2.45, 2.75) is 23.5 Å². The van der Waals surface area contributed by atoms with Gasteiger partial charge in [0.2, 0.25) is 0 Å². The molecule has 0 aliphatic carbocycles. The molecule has 0 aromatic carbocycles. The van der Waals surface area contributed by atoms with Crippen molar-refractivity contribution in [2.75, 3.05) is 13.1 Å². The average Bonchev–Trinajstić information content (AvgIpc) is 2.53. The van der Waals surface area contributed by atoms with E-state index >= 15 is 0 Å². The van der Waals surface area contributed by atoms with E-state index in [9.17, 15) is 0 Å². The fraction of sp³-hybridized carbons (Fsp3) is 0.556. The van der Waals surface area contributed by atoms with Crippen LogP contribution in [0.3, 0.4) is 0 Å². The summed E-state index contributed by atoms with van der Waals surface area (Å²) in [6.07, 6.45) is 4.07. The summed E-state index contributed by atoms with van der Waals surface area (Å²) in [5.41, 5.74) is 0. The Morgan fingerprint density at radius 3 is 2.62 bits per heavy atom. The van der Waals surface area contributed by atoms with Crippen LogP contribution in [0.5, 0.6) is 0 Å². The van der Waals surface area contributed by atoms with Crippen molar-refractivity contribution in [1.29, 1.82) is 0 Å². The molecule has 1 aromatic rings. The maximum absolute atomic E-state index is 5.86. The maximum atomic E-state index is 5.86. The lowest BCUT2D eigenvalue weighted by atomic mass is 10.2. The minimum absolute atomic E-state index is 0.888. The third kappa shape index (κ3) is 2.88. The lowest BCUT2D eigenvalue weighted by Crippen LogP contribution is -2.22. The molecule has 0 N–H and O–H groups in total. The van der Waals surface area contributed by atoms with Gasteiger partial charge in [0.05, 0.1) is 8.55 Å². The molecule has 1 nitrogen and oxygen atoms in total. The van der Waals surface area contributed by atoms with Gasteiger partial charge in [-0.2, -0.15) is 0 Å². The Labute approximate surface area is 92.2 Å². The van der Waals surface area contributed by atoms with Gasteiger partial charge in [0.15, 0.2) is 0 Å². The largest absolute Gasteiger partial charge is 0.246 e. The monoisotopic (exact) mass is 233 g/mol. The van der Waals surface area contributed by atoms with Gasteiger partial charge < -0.3 is 0 Å². The molecular weight excluding hydrogens is 222 g/mol. The van der Waals surface area contributed by atoms with Gasteiger partial charge in [-0.25, -0.2) is 4.31 Å². The van der Waals surface area contributed by atoms with Gasteiger partial charge in [-0.3, -0.25) is 0 Å². The van der Waals surface area contributed by atoms with E-state index < -0.39 is 0 Å². The predicted octanol–water partition coefficient (Wildman–Crippen LogP) is 3.89. The van der Waals surface area contributed by atoms with Gasteiger partial charge in [0.25, 0.3) is 0 Å². The second-order valence-electron chi connectivity index (χ2n) is 3.14. The predicted molar refractivity (Wildman–Crippen MR) is 60.6 cm³/mol. The highest BCUT2D eigenvalue weighted by Crippen LogP contribution is 2.33. The van der Waals surface area contributed by atoms with Crippen LogP contribution in [0.4, 0.5) is 0 Å². The molecule has 72 valence electrons. The van der Waals surface area contributed by atoms with Crippen molar-refractivity contribution in [2.24, 2.45) is 0 Å². The first kappa shape index (κ1) is 9.84. The molecule has 4 heteroatoms. The molecule has 2 heterocycles. The van der Waals surface area contributed by atoms with Gasteiger partial charge >= 0.3 is 0 Å². The van der Waals surface area contributed by atoms with Crippen LogP contribution in [0.25, 0.3) is 0 Å². The second-order valence-corrected chi connectivity index (χ2v) is 6.25. The van der Waals surface area contributed by atoms with Crippen molar-refractivity contribution < 1.29 is 0 Å². The van der Waals surface area contributed by atoms with E-state index in [1.165, 1.54) is 36.6 Å². The maximum Gasteiger partial charge on any atom is 0.0940 e. The molecule has 1 saturated heterocycles. The van der Waals surface area contributed by atoms with Gasteiger partial charge in [-0.1, -0.05) is 18.0 Å². The molecule has 0 amide bonds. The van der Waals surface area contributed by atoms with Crippen molar-refractivity contribution in [3.63, 3.8) is 0 Å². The fourth-order valence-electron chi connectivity index (χ4n) is 1.43. The zero-order chi connectivity index (χ0) is 9.10. The zero-order valence-electron chi connectivity index (χ0n) is 7.33. The highest BCUT2D eigenvalue weighted by Gasteiger charge is 2.12. The third-order valence-corrected chi connectivity index (χ3v) is 4.52. The molecule has 0 saturated carbocycles. The van der Waals surface area contributed by atoms with Crippen LogP contribution in [-0.2, 0) is 0 Å². The number of rotatable bonds is 2. The van der Waals surface area contributed by atoms with Gasteiger partial charge in [0, 0.05) is 13.1 Å². The highest BCUT2D eigenvalue weighted by atomic mass is 35.5.